The van der Waals surface area contributed by atoms with Crippen LogP contribution in [0, 0.1) is 0 Å². The van der Waals surface area contributed by atoms with E-state index in [0.717, 1.165) is 12.1 Å². The average Bonchev–Trinajstić information content (AvgIpc) is 2.37. The van der Waals surface area contributed by atoms with Gasteiger partial charge >= 0.3 is 18.1 Å². The van der Waals surface area contributed by atoms with Crippen LogP contribution >= 0.6 is 0 Å². The zero-order valence-corrected chi connectivity index (χ0v) is 10.2. The summed E-state index contributed by atoms with van der Waals surface area (Å²) in [4.78, 5) is 11.0. The number of benzene rings is 1. The Kier molecular flexibility index (Phi) is 4.69. The maximum Gasteiger partial charge on any atom is 0.416 e. The van der Waals surface area contributed by atoms with Crippen LogP contribution in [-0.4, -0.2) is 23.6 Å². The predicted molar refractivity (Wildman–Crippen MR) is 58.0 cm³/mol. The van der Waals surface area contributed by atoms with Gasteiger partial charge in [-0.1, -0.05) is 18.2 Å². The minimum absolute atomic E-state index is 0.387. The first-order chi connectivity index (χ1) is 9.12. The van der Waals surface area contributed by atoms with E-state index >= 15 is 0 Å². The Bertz CT molecular complexity index is 484. The minimum Gasteiger partial charge on any atom is -0.461 e. The zero-order valence-electron chi connectivity index (χ0n) is 10.2. The molecule has 0 aromatic heterocycles. The van der Waals surface area contributed by atoms with Crippen LogP contribution in [0.15, 0.2) is 24.3 Å². The summed E-state index contributed by atoms with van der Waals surface area (Å²) in [6.45, 7) is 0.867. The molecule has 1 N–H and O–H groups in total. The van der Waals surface area contributed by atoms with Crippen LogP contribution in [0.25, 0.3) is 0 Å². The van der Waals surface area contributed by atoms with E-state index in [1.165, 1.54) is 6.92 Å². The lowest BCUT2D eigenvalue weighted by Gasteiger charge is -2.23. The monoisotopic (exact) mass is 298 g/mol. The van der Waals surface area contributed by atoms with E-state index < -0.39 is 35.3 Å². The molecule has 1 unspecified atom stereocenters. The van der Waals surface area contributed by atoms with Crippen molar-refractivity contribution in [2.24, 2.45) is 0 Å². The number of alkyl halides is 5. The molecule has 0 aliphatic carbocycles. The molecule has 20 heavy (non-hydrogen) atoms. The fourth-order valence-corrected chi connectivity index (χ4v) is 1.53. The van der Waals surface area contributed by atoms with E-state index in [0.29, 0.717) is 12.1 Å². The number of carbonyl (C=O) groups is 1. The van der Waals surface area contributed by atoms with Gasteiger partial charge in [0.15, 0.2) is 6.10 Å². The molecule has 0 saturated carbocycles. The summed E-state index contributed by atoms with van der Waals surface area (Å²) in [5.41, 5.74) is -2.52. The lowest BCUT2D eigenvalue weighted by Crippen LogP contribution is -2.38. The Morgan fingerprint density at radius 1 is 1.25 bits per heavy atom. The first kappa shape index (κ1) is 16.4. The molecule has 0 bridgehead atoms. The van der Waals surface area contributed by atoms with Gasteiger partial charge in [-0.2, -0.15) is 22.0 Å². The Hall–Kier alpha value is -1.70. The van der Waals surface area contributed by atoms with E-state index in [4.69, 9.17) is 0 Å². The van der Waals surface area contributed by atoms with Gasteiger partial charge in [-0.05, 0) is 18.6 Å². The number of aliphatic hydroxyl groups excluding tert-OH is 1. The van der Waals surface area contributed by atoms with Crippen LogP contribution in [0.2, 0.25) is 0 Å². The topological polar surface area (TPSA) is 46.5 Å². The average molecular weight is 298 g/mol. The second-order valence-electron chi connectivity index (χ2n) is 3.83. The number of rotatable bonds is 4. The first-order valence-electron chi connectivity index (χ1n) is 5.51. The summed E-state index contributed by atoms with van der Waals surface area (Å²) in [5, 5.41) is 9.44. The summed E-state index contributed by atoms with van der Waals surface area (Å²) >= 11 is 0. The number of halogens is 5. The van der Waals surface area contributed by atoms with Gasteiger partial charge in [0.2, 0.25) is 0 Å². The highest BCUT2D eigenvalue weighted by Gasteiger charge is 2.51. The van der Waals surface area contributed by atoms with Crippen molar-refractivity contribution in [3.63, 3.8) is 0 Å². The van der Waals surface area contributed by atoms with Gasteiger partial charge in [0.25, 0.3) is 0 Å². The molecule has 1 aromatic rings. The molecule has 0 fully saturated rings. The normalized spacial score (nSPS) is 13.9. The second kappa shape index (κ2) is 5.74. The van der Waals surface area contributed by atoms with Crippen molar-refractivity contribution in [2.75, 3.05) is 6.61 Å². The highest BCUT2D eigenvalue weighted by Crippen LogP contribution is 2.40. The second-order valence-corrected chi connectivity index (χ2v) is 3.83. The summed E-state index contributed by atoms with van der Waals surface area (Å²) in [5.74, 6) is -6.55. The fraction of sp³-hybridized carbons (Fsp3) is 0.417. The molecule has 1 rings (SSSR count). The molecular formula is C12H11F5O3. The van der Waals surface area contributed by atoms with E-state index in [9.17, 15) is 31.9 Å². The fourth-order valence-electron chi connectivity index (χ4n) is 1.53. The summed E-state index contributed by atoms with van der Waals surface area (Å²) in [7, 11) is 0. The minimum atomic E-state index is -4.93. The number of aliphatic hydroxyl groups is 1. The van der Waals surface area contributed by atoms with Crippen molar-refractivity contribution in [3.8, 4) is 0 Å². The van der Waals surface area contributed by atoms with E-state index in [1.54, 1.807) is 0 Å². The molecule has 112 valence electrons. The summed E-state index contributed by atoms with van der Waals surface area (Å²) in [6, 6.07) is 3.26. The van der Waals surface area contributed by atoms with E-state index in [2.05, 4.69) is 4.74 Å². The maximum absolute atomic E-state index is 13.6. The lowest BCUT2D eigenvalue weighted by atomic mass is 9.97. The molecule has 8 heteroatoms. The van der Waals surface area contributed by atoms with Crippen molar-refractivity contribution in [1.82, 2.24) is 0 Å². The number of ether oxygens (including phenoxy) is 1. The number of hydrogen-bond acceptors (Lipinski definition) is 3. The van der Waals surface area contributed by atoms with Crippen molar-refractivity contribution >= 4 is 5.97 Å². The van der Waals surface area contributed by atoms with Gasteiger partial charge in [0.05, 0.1) is 12.2 Å². The van der Waals surface area contributed by atoms with Gasteiger partial charge in [0, 0.05) is 0 Å². The van der Waals surface area contributed by atoms with Crippen LogP contribution in [-0.2, 0) is 15.7 Å². The van der Waals surface area contributed by atoms with Crippen molar-refractivity contribution in [3.05, 3.63) is 35.4 Å². The largest absolute Gasteiger partial charge is 0.461 e. The zero-order chi connectivity index (χ0) is 15.6. The summed E-state index contributed by atoms with van der Waals surface area (Å²) in [6.07, 6.45) is -7.87. The van der Waals surface area contributed by atoms with E-state index in [-0.39, 0.29) is 6.61 Å². The Labute approximate surface area is 111 Å². The van der Waals surface area contributed by atoms with E-state index in [1.807, 2.05) is 0 Å². The number of hydrogen-bond donors (Lipinski definition) is 1. The number of carbonyl (C=O) groups excluding carboxylic acids is 1. The van der Waals surface area contributed by atoms with Crippen LogP contribution in [0.5, 0.6) is 0 Å². The third-order valence-corrected chi connectivity index (χ3v) is 2.45. The SMILES string of the molecule is CCOC(=O)C(F)(F)C(O)c1ccccc1C(F)(F)F. The Morgan fingerprint density at radius 3 is 2.30 bits per heavy atom. The molecule has 0 saturated heterocycles. The van der Waals surface area contributed by atoms with Crippen molar-refractivity contribution in [1.29, 1.82) is 0 Å². The predicted octanol–water partition coefficient (Wildman–Crippen LogP) is 2.94. The molecule has 3 nitrogen and oxygen atoms in total. The van der Waals surface area contributed by atoms with Gasteiger partial charge in [-0.3, -0.25) is 0 Å². The van der Waals surface area contributed by atoms with Crippen LogP contribution in [0.3, 0.4) is 0 Å². The standard InChI is InChI=1S/C12H11F5O3/c1-2-20-10(19)11(13,14)9(18)7-5-3-4-6-8(7)12(15,16)17/h3-6,9,18H,2H2,1H3. The molecule has 0 amide bonds. The molecule has 0 spiro atoms. The van der Waals surface area contributed by atoms with Gasteiger partial charge < -0.3 is 9.84 Å². The van der Waals surface area contributed by atoms with Crippen LogP contribution in [0.4, 0.5) is 22.0 Å². The van der Waals surface area contributed by atoms with Crippen molar-refractivity contribution in [2.45, 2.75) is 25.1 Å². The first-order valence-corrected chi connectivity index (χ1v) is 5.51. The van der Waals surface area contributed by atoms with Crippen molar-refractivity contribution < 1.29 is 36.6 Å². The molecule has 1 aromatic carbocycles. The smallest absolute Gasteiger partial charge is 0.416 e. The molecule has 0 aliphatic rings. The van der Waals surface area contributed by atoms with Crippen LogP contribution < -0.4 is 0 Å². The van der Waals surface area contributed by atoms with Gasteiger partial charge in [0.1, 0.15) is 0 Å². The lowest BCUT2D eigenvalue weighted by molar-refractivity contribution is -0.190. The number of esters is 1. The highest BCUT2D eigenvalue weighted by atomic mass is 19.4. The summed E-state index contributed by atoms with van der Waals surface area (Å²) < 4.78 is 69.2. The molecular weight excluding hydrogens is 287 g/mol. The molecule has 0 aliphatic heterocycles. The quantitative estimate of drug-likeness (QED) is 0.686. The van der Waals surface area contributed by atoms with Gasteiger partial charge in [-0.15, -0.1) is 0 Å². The molecule has 0 heterocycles. The third kappa shape index (κ3) is 3.24. The molecule has 1 atom stereocenters. The maximum atomic E-state index is 13.6. The third-order valence-electron chi connectivity index (χ3n) is 2.45. The molecule has 0 radical (unpaired) electrons. The van der Waals surface area contributed by atoms with Gasteiger partial charge in [-0.25, -0.2) is 4.79 Å². The highest BCUT2D eigenvalue weighted by molar-refractivity contribution is 5.78. The Balaban J connectivity index is 3.21. The Morgan fingerprint density at radius 2 is 1.80 bits per heavy atom. The van der Waals surface area contributed by atoms with Crippen LogP contribution in [0.1, 0.15) is 24.2 Å².